The smallest absolute Gasteiger partial charge is 0.367 e. The van der Waals surface area contributed by atoms with E-state index >= 15 is 4.39 Å². The fourth-order valence-electron chi connectivity index (χ4n) is 10.1. The van der Waals surface area contributed by atoms with Gasteiger partial charge in [-0.1, -0.05) is 35.3 Å². The van der Waals surface area contributed by atoms with Gasteiger partial charge in [-0.05, 0) is 68.7 Å². The topological polar surface area (TPSA) is 95.0 Å². The molecular weight excluding hydrogens is 755 g/mol. The molecule has 6 unspecified atom stereocenters. The van der Waals surface area contributed by atoms with Crippen LogP contribution in [0.25, 0.3) is 32.9 Å². The highest BCUT2D eigenvalue weighted by molar-refractivity contribution is 6.43. The normalized spacial score (nSPS) is 25.9. The fraction of sp³-hybridized carbons (Fsp3) is 0.450. The van der Waals surface area contributed by atoms with Gasteiger partial charge in [0.2, 0.25) is 5.91 Å². The minimum Gasteiger partial charge on any atom is -0.367 e. The Morgan fingerprint density at radius 3 is 2.62 bits per heavy atom. The number of rotatable bonds is 7. The van der Waals surface area contributed by atoms with Crippen molar-refractivity contribution in [2.45, 2.75) is 75.9 Å². The van der Waals surface area contributed by atoms with Crippen molar-refractivity contribution in [3.8, 4) is 17.2 Å². The van der Waals surface area contributed by atoms with Gasteiger partial charge in [-0.3, -0.25) is 4.79 Å². The van der Waals surface area contributed by atoms with Crippen molar-refractivity contribution >= 4 is 56.6 Å². The van der Waals surface area contributed by atoms with Crippen molar-refractivity contribution in [3.05, 3.63) is 75.5 Å². The van der Waals surface area contributed by atoms with Gasteiger partial charge in [0.25, 0.3) is 0 Å². The molecule has 284 valence electrons. The van der Waals surface area contributed by atoms with Gasteiger partial charge in [0.1, 0.15) is 5.52 Å². The first-order chi connectivity index (χ1) is 26.4. The van der Waals surface area contributed by atoms with Gasteiger partial charge in [0.15, 0.2) is 5.82 Å². The zero-order valence-electron chi connectivity index (χ0n) is 29.8. The number of piperidine rings is 1. The molecule has 3 aromatic heterocycles. The molecule has 11 rings (SSSR count). The third-order valence-corrected chi connectivity index (χ3v) is 13.5. The molecule has 6 atom stereocenters. The highest BCUT2D eigenvalue weighted by Gasteiger charge is 2.55. The number of anilines is 1. The molecule has 2 aliphatic carbocycles. The highest BCUT2D eigenvalue weighted by atomic mass is 35.5. The Kier molecular flexibility index (Phi) is 8.01. The SMILES string of the molecule is Cc1nc2c(F)c(-c3cccc(Cl)c3Cl)c(CCC#N)cc2c2c1cc(C1C3CC(CN(c4cnn(C(F)(F)F)c4)C3)N1C(=O)C1CC1)n2C1C2CNC1C2. The van der Waals surface area contributed by atoms with Crippen molar-refractivity contribution in [1.29, 1.82) is 5.26 Å². The van der Waals surface area contributed by atoms with Crippen molar-refractivity contribution in [2.24, 2.45) is 17.8 Å². The monoisotopic (exact) mass is 790 g/mol. The minimum absolute atomic E-state index is 0.0251. The zero-order valence-corrected chi connectivity index (χ0v) is 31.3. The molecule has 6 aliphatic rings. The Labute approximate surface area is 323 Å². The van der Waals surface area contributed by atoms with Crippen LogP contribution >= 0.6 is 23.2 Å². The first kappa shape index (κ1) is 35.1. The predicted molar refractivity (Wildman–Crippen MR) is 200 cm³/mol. The molecule has 0 radical (unpaired) electrons. The number of hydrogen-bond donors (Lipinski definition) is 1. The summed E-state index contributed by atoms with van der Waals surface area (Å²) in [4.78, 5) is 23.2. The summed E-state index contributed by atoms with van der Waals surface area (Å²) >= 11 is 13.1. The number of nitrogens with one attached hydrogen (secondary N) is 1. The number of nitrogens with zero attached hydrogens (tertiary/aromatic N) is 7. The van der Waals surface area contributed by atoms with Gasteiger partial charge in [-0.25, -0.2) is 9.37 Å². The summed E-state index contributed by atoms with van der Waals surface area (Å²) < 4.78 is 60.4. The van der Waals surface area contributed by atoms with E-state index in [1.807, 2.05) is 22.8 Å². The van der Waals surface area contributed by atoms with Crippen molar-refractivity contribution in [2.75, 3.05) is 24.5 Å². The number of hydrogen-bond acceptors (Lipinski definition) is 6. The first-order valence-corrected chi connectivity index (χ1v) is 19.6. The van der Waals surface area contributed by atoms with E-state index in [9.17, 15) is 23.2 Å². The van der Waals surface area contributed by atoms with Crippen LogP contribution in [0.3, 0.4) is 0 Å². The summed E-state index contributed by atoms with van der Waals surface area (Å²) in [6.45, 7) is 3.56. The second-order valence-electron chi connectivity index (χ2n) is 15.9. The third-order valence-electron chi connectivity index (χ3n) is 12.7. The summed E-state index contributed by atoms with van der Waals surface area (Å²) in [6.07, 6.45) is 1.43. The lowest BCUT2D eigenvalue weighted by molar-refractivity contribution is -0.212. The molecule has 55 heavy (non-hydrogen) atoms. The van der Waals surface area contributed by atoms with E-state index in [2.05, 4.69) is 27.1 Å². The summed E-state index contributed by atoms with van der Waals surface area (Å²) in [5.74, 6) is -0.275. The zero-order chi connectivity index (χ0) is 38.1. The van der Waals surface area contributed by atoms with Crippen LogP contribution in [0.15, 0.2) is 42.7 Å². The van der Waals surface area contributed by atoms with Crippen LogP contribution in [0.5, 0.6) is 0 Å². The molecule has 4 aliphatic heterocycles. The van der Waals surface area contributed by atoms with Gasteiger partial charge in [0, 0.05) is 77.2 Å². The van der Waals surface area contributed by atoms with Crippen LogP contribution in [0.1, 0.15) is 61.1 Å². The Morgan fingerprint density at radius 1 is 1.11 bits per heavy atom. The Bertz CT molecular complexity index is 2460. The van der Waals surface area contributed by atoms with Crippen LogP contribution in [-0.4, -0.2) is 61.9 Å². The standard InChI is InChI=1S/C40H36Cl2F4N8O/c1-19-27-13-31(37-23-10-24(53(37)39(55)20-7-8-20)17-51(16-23)25-15-49-52(18-25)40(44,45)46)54(36-22-12-30(36)48-14-22)38(27)28-11-21(4-3-9-47)32(34(43)35(28)50-19)26-5-2-6-29(41)33(26)42/h2,5-6,11,13,15,18,20,22-24,30,36-37,48H,3-4,7-8,10,12,14,16-17H2,1H3. The molecule has 4 bridgehead atoms. The summed E-state index contributed by atoms with van der Waals surface area (Å²) in [6, 6.07) is 11.1. The number of likely N-dealkylation sites (tertiary alicyclic amines) is 1. The van der Waals surface area contributed by atoms with E-state index in [0.717, 1.165) is 55.0 Å². The van der Waals surface area contributed by atoms with Gasteiger partial charge >= 0.3 is 6.30 Å². The summed E-state index contributed by atoms with van der Waals surface area (Å²) in [5, 5.41) is 18.9. The van der Waals surface area contributed by atoms with Crippen molar-refractivity contribution in [3.63, 3.8) is 0 Å². The lowest BCUT2D eigenvalue weighted by Gasteiger charge is -2.40. The molecule has 4 saturated heterocycles. The minimum atomic E-state index is -4.63. The lowest BCUT2D eigenvalue weighted by Crippen LogP contribution is -2.45. The molecule has 1 amide bonds. The van der Waals surface area contributed by atoms with Crippen LogP contribution in [0, 0.1) is 41.8 Å². The van der Waals surface area contributed by atoms with E-state index in [-0.39, 0.29) is 80.6 Å². The molecule has 5 aromatic rings. The Hall–Kier alpha value is -4.38. The molecule has 7 heterocycles. The number of aryl methyl sites for hydroxylation is 2. The number of nitriles is 1. The molecule has 0 spiro atoms. The fourth-order valence-corrected chi connectivity index (χ4v) is 10.5. The number of pyridine rings is 1. The maximum atomic E-state index is 17.3. The Morgan fingerprint density at radius 2 is 1.93 bits per heavy atom. The molecule has 15 heteroatoms. The second-order valence-corrected chi connectivity index (χ2v) is 16.7. The number of aromatic nitrogens is 4. The highest BCUT2D eigenvalue weighted by Crippen LogP contribution is 2.54. The number of amides is 1. The predicted octanol–water partition coefficient (Wildman–Crippen LogP) is 8.46. The van der Waals surface area contributed by atoms with E-state index in [1.54, 1.807) is 18.2 Å². The molecule has 2 aromatic carbocycles. The van der Waals surface area contributed by atoms with E-state index < -0.39 is 12.1 Å². The number of carbonyl (C=O) groups excluding carboxylic acids is 1. The van der Waals surface area contributed by atoms with Gasteiger partial charge in [-0.15, -0.1) is 13.2 Å². The van der Waals surface area contributed by atoms with Crippen LogP contribution < -0.4 is 10.2 Å². The number of benzene rings is 2. The van der Waals surface area contributed by atoms with E-state index in [1.165, 1.54) is 6.20 Å². The lowest BCUT2D eigenvalue weighted by atomic mass is 9.79. The molecule has 9 nitrogen and oxygen atoms in total. The second kappa shape index (κ2) is 12.6. The van der Waals surface area contributed by atoms with Gasteiger partial charge in [0.05, 0.1) is 57.8 Å². The van der Waals surface area contributed by atoms with Crippen LogP contribution in [0.2, 0.25) is 10.0 Å². The van der Waals surface area contributed by atoms with Gasteiger partial charge in [-0.2, -0.15) is 15.0 Å². The number of halogens is 6. The molecular formula is C40H36Cl2F4N8O. The van der Waals surface area contributed by atoms with Crippen LogP contribution in [0.4, 0.5) is 23.2 Å². The Balaban J connectivity index is 1.19. The third kappa shape index (κ3) is 5.38. The summed E-state index contributed by atoms with van der Waals surface area (Å²) in [5.41, 5.74) is 4.29. The quantitative estimate of drug-likeness (QED) is 0.166. The summed E-state index contributed by atoms with van der Waals surface area (Å²) in [7, 11) is 0. The number of fused-ring (bicyclic) bond motifs is 6. The molecule has 2 saturated carbocycles. The maximum absolute atomic E-state index is 17.3. The van der Waals surface area contributed by atoms with Crippen molar-refractivity contribution < 1.29 is 22.4 Å². The maximum Gasteiger partial charge on any atom is 0.504 e. The molecule has 6 fully saturated rings. The van der Waals surface area contributed by atoms with Crippen LogP contribution in [-0.2, 0) is 17.5 Å². The number of carbonyl (C=O) groups is 1. The van der Waals surface area contributed by atoms with E-state index in [0.29, 0.717) is 46.9 Å². The van der Waals surface area contributed by atoms with Crippen molar-refractivity contribution in [1.82, 2.24) is 29.5 Å². The largest absolute Gasteiger partial charge is 0.504 e. The average Bonchev–Trinajstić information content (AvgIpc) is 3.56. The average molecular weight is 792 g/mol. The molecule has 1 N–H and O–H groups in total. The van der Waals surface area contributed by atoms with E-state index in [4.69, 9.17) is 28.2 Å². The number of alkyl halides is 3. The first-order valence-electron chi connectivity index (χ1n) is 18.8. The van der Waals surface area contributed by atoms with Gasteiger partial charge < -0.3 is 19.7 Å².